The standard InChI is InChI=1S/2C10H9Br2NO/c2*11-6-9(12)7-13-10(14)8-4-2-1-3-5-8/h2*1-6H,7H2,(H,13,14)/b2*9-6-. The Bertz CT molecular complexity index is 740. The monoisotopic (exact) mass is 634 g/mol. The van der Waals surface area contributed by atoms with E-state index in [0.717, 1.165) is 8.96 Å². The normalized spacial score (nSPS) is 11.1. The van der Waals surface area contributed by atoms with Crippen molar-refractivity contribution in [3.05, 3.63) is 90.7 Å². The fraction of sp³-hybridized carbons (Fsp3) is 0.100. The largest absolute Gasteiger partial charge is 0.347 e. The van der Waals surface area contributed by atoms with Gasteiger partial charge in [-0.1, -0.05) is 100 Å². The maximum atomic E-state index is 11.5. The SMILES string of the molecule is O=C(NC/C(Br)=C/Br)c1ccccc1.O=C(NC/C(Br)=C/Br)c1ccccc1. The molecule has 28 heavy (non-hydrogen) atoms. The van der Waals surface area contributed by atoms with Crippen molar-refractivity contribution in [2.24, 2.45) is 0 Å². The van der Waals surface area contributed by atoms with Crippen molar-refractivity contribution in [1.29, 1.82) is 0 Å². The molecule has 4 nitrogen and oxygen atoms in total. The molecule has 2 rings (SSSR count). The third-order valence-corrected chi connectivity index (χ3v) is 6.50. The molecule has 0 unspecified atom stereocenters. The third-order valence-electron chi connectivity index (χ3n) is 3.14. The molecule has 0 aliphatic heterocycles. The molecule has 0 aliphatic rings. The van der Waals surface area contributed by atoms with Crippen LogP contribution in [0.25, 0.3) is 0 Å². The molecule has 0 spiro atoms. The van der Waals surface area contributed by atoms with Gasteiger partial charge in [-0.25, -0.2) is 0 Å². The summed E-state index contributed by atoms with van der Waals surface area (Å²) < 4.78 is 1.78. The second-order valence-electron chi connectivity index (χ2n) is 5.21. The fourth-order valence-electron chi connectivity index (χ4n) is 1.79. The lowest BCUT2D eigenvalue weighted by Crippen LogP contribution is -2.24. The Morgan fingerprint density at radius 1 is 0.679 bits per heavy atom. The van der Waals surface area contributed by atoms with E-state index in [9.17, 15) is 9.59 Å². The zero-order valence-electron chi connectivity index (χ0n) is 14.7. The molecular weight excluding hydrogens is 620 g/mol. The molecule has 2 aromatic rings. The van der Waals surface area contributed by atoms with E-state index in [1.165, 1.54) is 0 Å². The lowest BCUT2D eigenvalue weighted by Gasteiger charge is -2.03. The van der Waals surface area contributed by atoms with Crippen molar-refractivity contribution in [3.8, 4) is 0 Å². The summed E-state index contributed by atoms with van der Waals surface area (Å²) in [5, 5.41) is 5.53. The minimum Gasteiger partial charge on any atom is -0.347 e. The van der Waals surface area contributed by atoms with Crippen LogP contribution in [0, 0.1) is 0 Å². The van der Waals surface area contributed by atoms with Crippen molar-refractivity contribution in [1.82, 2.24) is 10.6 Å². The van der Waals surface area contributed by atoms with Gasteiger partial charge in [-0.05, 0) is 34.2 Å². The van der Waals surface area contributed by atoms with E-state index in [0.29, 0.717) is 24.2 Å². The Labute approximate surface area is 198 Å². The molecule has 0 bridgehead atoms. The first-order chi connectivity index (χ1) is 13.5. The average Bonchev–Trinajstić information content (AvgIpc) is 2.76. The summed E-state index contributed by atoms with van der Waals surface area (Å²) >= 11 is 12.9. The number of benzene rings is 2. The summed E-state index contributed by atoms with van der Waals surface area (Å²) in [6.45, 7) is 0.970. The van der Waals surface area contributed by atoms with Gasteiger partial charge in [0.15, 0.2) is 0 Å². The van der Waals surface area contributed by atoms with E-state index in [4.69, 9.17) is 0 Å². The molecule has 2 aromatic carbocycles. The molecule has 0 heterocycles. The van der Waals surface area contributed by atoms with Crippen LogP contribution in [0.4, 0.5) is 0 Å². The number of carbonyl (C=O) groups is 2. The van der Waals surface area contributed by atoms with Gasteiger partial charge in [0.2, 0.25) is 0 Å². The van der Waals surface area contributed by atoms with Crippen LogP contribution in [0.15, 0.2) is 79.6 Å². The van der Waals surface area contributed by atoms with Crippen molar-refractivity contribution in [3.63, 3.8) is 0 Å². The lowest BCUT2D eigenvalue weighted by atomic mass is 10.2. The van der Waals surface area contributed by atoms with E-state index < -0.39 is 0 Å². The predicted molar refractivity (Wildman–Crippen MR) is 129 cm³/mol. The summed E-state index contributed by atoms with van der Waals surface area (Å²) in [4.78, 5) is 26.4. The number of rotatable bonds is 6. The number of nitrogens with one attached hydrogen (secondary N) is 2. The Balaban J connectivity index is 0.000000280. The van der Waals surface area contributed by atoms with Gasteiger partial charge in [0.25, 0.3) is 11.8 Å². The minimum atomic E-state index is -0.0723. The van der Waals surface area contributed by atoms with E-state index in [-0.39, 0.29) is 11.8 Å². The van der Waals surface area contributed by atoms with Gasteiger partial charge in [-0.15, -0.1) is 0 Å². The van der Waals surface area contributed by atoms with Crippen LogP contribution in [0.3, 0.4) is 0 Å². The fourth-order valence-corrected chi connectivity index (χ4v) is 2.39. The van der Waals surface area contributed by atoms with Crippen LogP contribution in [-0.4, -0.2) is 24.9 Å². The summed E-state index contributed by atoms with van der Waals surface area (Å²) in [5.41, 5.74) is 1.34. The maximum absolute atomic E-state index is 11.5. The molecule has 0 saturated heterocycles. The highest BCUT2D eigenvalue weighted by atomic mass is 79.9. The first-order valence-corrected chi connectivity index (χ1v) is 11.5. The summed E-state index contributed by atoms with van der Waals surface area (Å²) in [5.74, 6) is -0.145. The maximum Gasteiger partial charge on any atom is 0.251 e. The summed E-state index contributed by atoms with van der Waals surface area (Å²) in [7, 11) is 0. The summed E-state index contributed by atoms with van der Waals surface area (Å²) in [6.07, 6.45) is 0. The lowest BCUT2D eigenvalue weighted by molar-refractivity contribution is 0.0949. The molecule has 0 fully saturated rings. The smallest absolute Gasteiger partial charge is 0.251 e. The Kier molecular flexibility index (Phi) is 13.1. The van der Waals surface area contributed by atoms with Gasteiger partial charge < -0.3 is 10.6 Å². The van der Waals surface area contributed by atoms with Gasteiger partial charge in [0.1, 0.15) is 0 Å². The highest BCUT2D eigenvalue weighted by Gasteiger charge is 2.04. The predicted octanol–water partition coefficient (Wildman–Crippen LogP) is 6.10. The zero-order valence-corrected chi connectivity index (χ0v) is 21.0. The van der Waals surface area contributed by atoms with Crippen molar-refractivity contribution < 1.29 is 9.59 Å². The first kappa shape index (κ1) is 24.8. The van der Waals surface area contributed by atoms with Crippen LogP contribution in [0.5, 0.6) is 0 Å². The third kappa shape index (κ3) is 10.4. The van der Waals surface area contributed by atoms with E-state index in [1.807, 2.05) is 36.4 Å². The molecule has 2 N–H and O–H groups in total. The first-order valence-electron chi connectivity index (χ1n) is 8.04. The molecule has 0 radical (unpaired) electrons. The van der Waals surface area contributed by atoms with Crippen molar-refractivity contribution in [2.75, 3.05) is 13.1 Å². The molecule has 8 heteroatoms. The minimum absolute atomic E-state index is 0.0723. The van der Waals surface area contributed by atoms with Crippen LogP contribution in [-0.2, 0) is 0 Å². The highest BCUT2D eigenvalue weighted by molar-refractivity contribution is 9.14. The van der Waals surface area contributed by atoms with Gasteiger partial charge >= 0.3 is 0 Å². The van der Waals surface area contributed by atoms with Crippen molar-refractivity contribution in [2.45, 2.75) is 0 Å². The molecule has 0 atom stereocenters. The van der Waals surface area contributed by atoms with Crippen LogP contribution in [0.2, 0.25) is 0 Å². The Morgan fingerprint density at radius 3 is 1.29 bits per heavy atom. The molecule has 148 valence electrons. The van der Waals surface area contributed by atoms with Crippen LogP contribution >= 0.6 is 63.7 Å². The van der Waals surface area contributed by atoms with Crippen molar-refractivity contribution >= 4 is 75.5 Å². The molecule has 0 aliphatic carbocycles. The van der Waals surface area contributed by atoms with Crippen LogP contribution < -0.4 is 10.6 Å². The van der Waals surface area contributed by atoms with E-state index >= 15 is 0 Å². The Morgan fingerprint density at radius 2 is 1.00 bits per heavy atom. The Hall–Kier alpha value is -1.22. The number of hydrogen-bond donors (Lipinski definition) is 2. The second-order valence-corrected chi connectivity index (χ2v) is 8.16. The van der Waals surface area contributed by atoms with Gasteiger partial charge in [-0.2, -0.15) is 0 Å². The quantitative estimate of drug-likeness (QED) is 0.403. The topological polar surface area (TPSA) is 58.2 Å². The van der Waals surface area contributed by atoms with Gasteiger partial charge in [0.05, 0.1) is 13.1 Å². The number of halogens is 4. The zero-order chi connectivity index (χ0) is 20.8. The molecular formula is C20H18Br4N2O2. The van der Waals surface area contributed by atoms with Gasteiger partial charge in [-0.3, -0.25) is 9.59 Å². The molecule has 0 aromatic heterocycles. The van der Waals surface area contributed by atoms with Crippen LogP contribution in [0.1, 0.15) is 20.7 Å². The molecule has 2 amide bonds. The number of amides is 2. The number of hydrogen-bond acceptors (Lipinski definition) is 2. The summed E-state index contributed by atoms with van der Waals surface area (Å²) in [6, 6.07) is 18.2. The number of carbonyl (C=O) groups excluding carboxylic acids is 2. The highest BCUT2D eigenvalue weighted by Crippen LogP contribution is 2.07. The molecule has 0 saturated carbocycles. The van der Waals surface area contributed by atoms with Gasteiger partial charge in [0, 0.05) is 20.1 Å². The average molecular weight is 638 g/mol. The van der Waals surface area contributed by atoms with E-state index in [2.05, 4.69) is 74.4 Å². The van der Waals surface area contributed by atoms with E-state index in [1.54, 1.807) is 34.2 Å². The second kappa shape index (κ2) is 14.7.